The van der Waals surface area contributed by atoms with E-state index < -0.39 is 23.8 Å². The van der Waals surface area contributed by atoms with Gasteiger partial charge < -0.3 is 11.1 Å². The number of imide groups is 2. The van der Waals surface area contributed by atoms with Gasteiger partial charge in [-0.1, -0.05) is 19.9 Å². The lowest BCUT2D eigenvalue weighted by atomic mass is 9.92. The SMILES string of the molecule is CCC(CC)(CN)NCc1ccc2c(c1)C(=O)N(C1CCC(=O)NC1=O)C2=O. The quantitative estimate of drug-likeness (QED) is 0.593. The van der Waals surface area contributed by atoms with Gasteiger partial charge in [0.05, 0.1) is 11.1 Å². The van der Waals surface area contributed by atoms with E-state index in [1.807, 2.05) is 0 Å². The zero-order valence-electron chi connectivity index (χ0n) is 16.2. The molecule has 8 nitrogen and oxygen atoms in total. The summed E-state index contributed by atoms with van der Waals surface area (Å²) in [4.78, 5) is 50.0. The molecule has 4 amide bonds. The number of hydrogen-bond acceptors (Lipinski definition) is 6. The fourth-order valence-electron chi connectivity index (χ4n) is 3.78. The van der Waals surface area contributed by atoms with Gasteiger partial charge in [0.2, 0.25) is 11.8 Å². The highest BCUT2D eigenvalue weighted by atomic mass is 16.2. The Balaban J connectivity index is 1.80. The van der Waals surface area contributed by atoms with Crippen LogP contribution in [-0.4, -0.2) is 46.7 Å². The van der Waals surface area contributed by atoms with Gasteiger partial charge in [-0.25, -0.2) is 0 Å². The van der Waals surface area contributed by atoms with Crippen molar-refractivity contribution < 1.29 is 19.2 Å². The van der Waals surface area contributed by atoms with Gasteiger partial charge >= 0.3 is 0 Å². The van der Waals surface area contributed by atoms with Gasteiger partial charge in [0.25, 0.3) is 11.8 Å². The summed E-state index contributed by atoms with van der Waals surface area (Å²) >= 11 is 0. The first kappa shape index (κ1) is 20.2. The molecule has 28 heavy (non-hydrogen) atoms. The Kier molecular flexibility index (Phi) is 5.62. The molecule has 1 aromatic rings. The number of hydrogen-bond donors (Lipinski definition) is 3. The molecule has 0 spiro atoms. The Morgan fingerprint density at radius 3 is 2.43 bits per heavy atom. The molecule has 150 valence electrons. The van der Waals surface area contributed by atoms with Crippen LogP contribution in [0.1, 0.15) is 65.8 Å². The van der Waals surface area contributed by atoms with E-state index >= 15 is 0 Å². The standard InChI is InChI=1S/C20H26N4O4/c1-3-20(4-2,11-21)22-10-12-5-6-13-14(9-12)19(28)24(18(13)27)15-7-8-16(25)23-17(15)26/h5-6,9,15,22H,3-4,7-8,10-11,21H2,1-2H3,(H,23,25,26). The van der Waals surface area contributed by atoms with Crippen molar-refractivity contribution in [2.24, 2.45) is 5.73 Å². The third-order valence-corrected chi connectivity index (χ3v) is 5.92. The Bertz CT molecular complexity index is 823. The van der Waals surface area contributed by atoms with Gasteiger partial charge in [-0.05, 0) is 37.0 Å². The number of nitrogens with zero attached hydrogens (tertiary/aromatic N) is 1. The van der Waals surface area contributed by atoms with Crippen LogP contribution in [0.2, 0.25) is 0 Å². The first-order chi connectivity index (χ1) is 13.4. The molecule has 1 aromatic carbocycles. The molecular formula is C20H26N4O4. The number of amides is 4. The molecule has 0 radical (unpaired) electrons. The molecule has 8 heteroatoms. The number of rotatable bonds is 7. The van der Waals surface area contributed by atoms with Crippen molar-refractivity contribution in [3.05, 3.63) is 34.9 Å². The summed E-state index contributed by atoms with van der Waals surface area (Å²) < 4.78 is 0. The zero-order valence-corrected chi connectivity index (χ0v) is 16.2. The molecule has 0 aliphatic carbocycles. The van der Waals surface area contributed by atoms with Gasteiger partial charge in [-0.15, -0.1) is 0 Å². The normalized spacial score (nSPS) is 19.8. The van der Waals surface area contributed by atoms with E-state index in [-0.39, 0.29) is 29.9 Å². The molecule has 3 rings (SSSR count). The largest absolute Gasteiger partial charge is 0.329 e. The summed E-state index contributed by atoms with van der Waals surface area (Å²) in [6.07, 6.45) is 2.02. The summed E-state index contributed by atoms with van der Waals surface area (Å²) in [5.74, 6) is -1.98. The maximum absolute atomic E-state index is 12.9. The molecule has 1 atom stereocenters. The first-order valence-electron chi connectivity index (χ1n) is 9.65. The highest BCUT2D eigenvalue weighted by Gasteiger charge is 2.44. The summed E-state index contributed by atoms with van der Waals surface area (Å²) in [7, 11) is 0. The van der Waals surface area contributed by atoms with Crippen LogP contribution < -0.4 is 16.4 Å². The van der Waals surface area contributed by atoms with E-state index in [4.69, 9.17) is 5.73 Å². The van der Waals surface area contributed by atoms with E-state index in [2.05, 4.69) is 24.5 Å². The van der Waals surface area contributed by atoms with Crippen molar-refractivity contribution >= 4 is 23.6 Å². The smallest absolute Gasteiger partial charge is 0.262 e. The van der Waals surface area contributed by atoms with Gasteiger partial charge in [0.1, 0.15) is 6.04 Å². The number of carbonyl (C=O) groups excluding carboxylic acids is 4. The molecule has 0 saturated carbocycles. The molecule has 0 aromatic heterocycles. The lowest BCUT2D eigenvalue weighted by Crippen LogP contribution is -2.54. The Morgan fingerprint density at radius 1 is 1.14 bits per heavy atom. The average Bonchev–Trinajstić information content (AvgIpc) is 2.94. The molecule has 1 fully saturated rings. The second-order valence-corrected chi connectivity index (χ2v) is 7.37. The monoisotopic (exact) mass is 386 g/mol. The van der Waals surface area contributed by atoms with Gasteiger partial charge in [-0.3, -0.25) is 29.4 Å². The number of benzene rings is 1. The molecule has 0 bridgehead atoms. The summed E-state index contributed by atoms with van der Waals surface area (Å²) in [6, 6.07) is 4.18. The minimum Gasteiger partial charge on any atom is -0.329 e. The number of carbonyl (C=O) groups is 4. The zero-order chi connectivity index (χ0) is 20.5. The number of nitrogens with two attached hydrogens (primary N) is 1. The van der Waals surface area contributed by atoms with Gasteiger partial charge in [-0.2, -0.15) is 0 Å². The van der Waals surface area contributed by atoms with Crippen LogP contribution in [-0.2, 0) is 16.1 Å². The van der Waals surface area contributed by atoms with Crippen LogP contribution >= 0.6 is 0 Å². The van der Waals surface area contributed by atoms with Crippen molar-refractivity contribution in [1.29, 1.82) is 0 Å². The van der Waals surface area contributed by atoms with Crippen LogP contribution in [0.15, 0.2) is 18.2 Å². The lowest BCUT2D eigenvalue weighted by molar-refractivity contribution is -0.136. The molecule has 4 N–H and O–H groups in total. The minimum atomic E-state index is -0.947. The van der Waals surface area contributed by atoms with E-state index in [9.17, 15) is 19.2 Å². The lowest BCUT2D eigenvalue weighted by Gasteiger charge is -2.31. The molecule has 1 unspecified atom stereocenters. The predicted octanol–water partition coefficient (Wildman–Crippen LogP) is 0.695. The first-order valence-corrected chi connectivity index (χ1v) is 9.65. The van der Waals surface area contributed by atoms with Crippen LogP contribution in [0.5, 0.6) is 0 Å². The Hall–Kier alpha value is -2.58. The minimum absolute atomic E-state index is 0.105. The molecule has 2 aliphatic heterocycles. The maximum atomic E-state index is 12.9. The van der Waals surface area contributed by atoms with E-state index in [0.29, 0.717) is 18.7 Å². The Morgan fingerprint density at radius 2 is 1.82 bits per heavy atom. The third kappa shape index (κ3) is 3.45. The van der Waals surface area contributed by atoms with Crippen molar-refractivity contribution in [3.8, 4) is 0 Å². The number of nitrogens with one attached hydrogen (secondary N) is 2. The molecular weight excluding hydrogens is 360 g/mol. The summed E-state index contributed by atoms with van der Waals surface area (Å²) in [6.45, 7) is 5.18. The summed E-state index contributed by atoms with van der Waals surface area (Å²) in [5, 5.41) is 5.66. The highest BCUT2D eigenvalue weighted by molar-refractivity contribution is 6.23. The number of fused-ring (bicyclic) bond motifs is 1. The van der Waals surface area contributed by atoms with Crippen molar-refractivity contribution in [1.82, 2.24) is 15.5 Å². The van der Waals surface area contributed by atoms with Crippen molar-refractivity contribution in [2.45, 2.75) is 57.7 Å². The topological polar surface area (TPSA) is 122 Å². The average molecular weight is 386 g/mol. The third-order valence-electron chi connectivity index (χ3n) is 5.92. The second-order valence-electron chi connectivity index (χ2n) is 7.37. The van der Waals surface area contributed by atoms with Crippen LogP contribution in [0.25, 0.3) is 0 Å². The molecule has 1 saturated heterocycles. The Labute approximate surface area is 163 Å². The second kappa shape index (κ2) is 7.81. The van der Waals surface area contributed by atoms with Crippen LogP contribution in [0, 0.1) is 0 Å². The maximum Gasteiger partial charge on any atom is 0.262 e. The highest BCUT2D eigenvalue weighted by Crippen LogP contribution is 2.28. The van der Waals surface area contributed by atoms with Crippen LogP contribution in [0.4, 0.5) is 0 Å². The van der Waals surface area contributed by atoms with Gasteiger partial charge in [0.15, 0.2) is 0 Å². The molecule has 2 heterocycles. The summed E-state index contributed by atoms with van der Waals surface area (Å²) in [5.41, 5.74) is 7.19. The fourth-order valence-corrected chi connectivity index (χ4v) is 3.78. The van der Waals surface area contributed by atoms with E-state index in [0.717, 1.165) is 23.3 Å². The number of piperidine rings is 1. The van der Waals surface area contributed by atoms with Crippen molar-refractivity contribution in [2.75, 3.05) is 6.54 Å². The van der Waals surface area contributed by atoms with E-state index in [1.165, 1.54) is 0 Å². The van der Waals surface area contributed by atoms with E-state index in [1.54, 1.807) is 18.2 Å². The predicted molar refractivity (Wildman–Crippen MR) is 102 cm³/mol. The van der Waals surface area contributed by atoms with Crippen LogP contribution in [0.3, 0.4) is 0 Å². The van der Waals surface area contributed by atoms with Crippen molar-refractivity contribution in [3.63, 3.8) is 0 Å². The van der Waals surface area contributed by atoms with Gasteiger partial charge in [0, 0.05) is 25.0 Å². The molecule has 2 aliphatic rings. The fraction of sp³-hybridized carbons (Fsp3) is 0.500.